The van der Waals surface area contributed by atoms with Gasteiger partial charge in [0.25, 0.3) is 0 Å². The average Bonchev–Trinajstić information content (AvgIpc) is 2.91. The maximum Gasteiger partial charge on any atom is 0.216 e. The van der Waals surface area contributed by atoms with Crippen LogP contribution >= 0.6 is 0 Å². The number of hydrogen-bond acceptors (Lipinski definition) is 5. The van der Waals surface area contributed by atoms with Crippen LogP contribution in [-0.4, -0.2) is 52.0 Å². The van der Waals surface area contributed by atoms with Crippen molar-refractivity contribution in [3.8, 4) is 0 Å². The second-order valence-electron chi connectivity index (χ2n) is 4.74. The number of hydrogen-bond donors (Lipinski definition) is 3. The molecule has 3 atom stereocenters. The highest BCUT2D eigenvalue weighted by atomic mass is 16.5. The Morgan fingerprint density at radius 2 is 2.47 bits per heavy atom. The number of rotatable bonds is 5. The Morgan fingerprint density at radius 3 is 3.11 bits per heavy atom. The zero-order valence-electron chi connectivity index (χ0n) is 11.2. The summed E-state index contributed by atoms with van der Waals surface area (Å²) in [5.41, 5.74) is 0. The van der Waals surface area contributed by atoms with Gasteiger partial charge in [-0.05, 0) is 0 Å². The highest BCUT2D eigenvalue weighted by molar-refractivity contribution is 5.72. The largest absolute Gasteiger partial charge is 0.389 e. The third-order valence-electron chi connectivity index (χ3n) is 3.28. The number of nitrogens with zero attached hydrogens (tertiary/aromatic N) is 2. The summed E-state index contributed by atoms with van der Waals surface area (Å²) in [6.07, 6.45) is 2.62. The molecule has 0 radical (unpaired) electrons. The lowest BCUT2D eigenvalue weighted by atomic mass is 10.1. The van der Waals surface area contributed by atoms with Crippen molar-refractivity contribution >= 4 is 5.91 Å². The molecule has 0 unspecified atom stereocenters. The number of ether oxygens (including phenoxy) is 1. The van der Waals surface area contributed by atoms with Gasteiger partial charge in [-0.2, -0.15) is 0 Å². The highest BCUT2D eigenvalue weighted by Gasteiger charge is 2.35. The number of aromatic nitrogens is 2. The molecule has 7 nitrogen and oxygen atoms in total. The molecule has 1 aromatic rings. The predicted molar refractivity (Wildman–Crippen MR) is 68.3 cm³/mol. The first-order chi connectivity index (χ1) is 9.08. The predicted octanol–water partition coefficient (Wildman–Crippen LogP) is -1.23. The number of nitrogens with one attached hydrogen (secondary N) is 2. The summed E-state index contributed by atoms with van der Waals surface area (Å²) in [4.78, 5) is 15.0. The molecule has 106 valence electrons. The van der Waals surface area contributed by atoms with Gasteiger partial charge in [0, 0.05) is 32.9 Å². The number of carbonyl (C=O) groups is 1. The minimum Gasteiger partial charge on any atom is -0.389 e. The summed E-state index contributed by atoms with van der Waals surface area (Å²) >= 11 is 0. The third kappa shape index (κ3) is 3.52. The van der Waals surface area contributed by atoms with Gasteiger partial charge in [-0.3, -0.25) is 4.79 Å². The fourth-order valence-electron chi connectivity index (χ4n) is 2.08. The number of aliphatic hydroxyl groups excluding tert-OH is 1. The van der Waals surface area contributed by atoms with Gasteiger partial charge in [0.15, 0.2) is 0 Å². The molecule has 1 fully saturated rings. The first-order valence-corrected chi connectivity index (χ1v) is 6.31. The Balaban J connectivity index is 1.79. The number of amides is 1. The van der Waals surface area contributed by atoms with E-state index in [-0.39, 0.29) is 18.1 Å². The summed E-state index contributed by atoms with van der Waals surface area (Å²) in [6.45, 7) is 2.77. The second-order valence-corrected chi connectivity index (χ2v) is 4.74. The molecule has 1 aliphatic heterocycles. The van der Waals surface area contributed by atoms with Crippen LogP contribution in [0.4, 0.5) is 0 Å². The van der Waals surface area contributed by atoms with Gasteiger partial charge < -0.3 is 25.0 Å². The van der Waals surface area contributed by atoms with Crippen LogP contribution in [0.5, 0.6) is 0 Å². The lowest BCUT2D eigenvalue weighted by Crippen LogP contribution is -2.44. The molecule has 1 aromatic heterocycles. The quantitative estimate of drug-likeness (QED) is 0.622. The first-order valence-electron chi connectivity index (χ1n) is 6.31. The van der Waals surface area contributed by atoms with Crippen LogP contribution in [0.2, 0.25) is 0 Å². The van der Waals surface area contributed by atoms with E-state index in [0.29, 0.717) is 19.7 Å². The third-order valence-corrected chi connectivity index (χ3v) is 3.28. The Kier molecular flexibility index (Phi) is 4.52. The molecular formula is C12H20N4O3. The molecule has 0 spiro atoms. The Morgan fingerprint density at radius 1 is 1.68 bits per heavy atom. The number of aliphatic hydroxyl groups is 1. The monoisotopic (exact) mass is 268 g/mol. The molecule has 1 amide bonds. The van der Waals surface area contributed by atoms with Gasteiger partial charge in [0.1, 0.15) is 11.9 Å². The summed E-state index contributed by atoms with van der Waals surface area (Å²) in [5.74, 6) is 0.776. The molecule has 1 saturated heterocycles. The summed E-state index contributed by atoms with van der Waals surface area (Å²) in [7, 11) is 1.92. The lowest BCUT2D eigenvalue weighted by Gasteiger charge is -2.18. The van der Waals surface area contributed by atoms with Gasteiger partial charge in [0.05, 0.1) is 25.3 Å². The maximum atomic E-state index is 10.8. The molecule has 0 aliphatic carbocycles. The normalized spacial score (nSPS) is 26.6. The van der Waals surface area contributed by atoms with Crippen LogP contribution in [0.3, 0.4) is 0 Å². The minimum absolute atomic E-state index is 0.125. The molecule has 2 rings (SSSR count). The van der Waals surface area contributed by atoms with Crippen molar-refractivity contribution in [1.29, 1.82) is 0 Å². The van der Waals surface area contributed by atoms with E-state index in [4.69, 9.17) is 4.74 Å². The van der Waals surface area contributed by atoms with Gasteiger partial charge in [-0.25, -0.2) is 4.98 Å². The SMILES string of the molecule is CC(=O)NC[C@H]1OC[C@@H](NCc2nccn2C)[C@@H]1O. The fraction of sp³-hybridized carbons (Fsp3) is 0.667. The summed E-state index contributed by atoms with van der Waals surface area (Å²) in [6, 6.07) is -0.143. The zero-order valence-corrected chi connectivity index (χ0v) is 11.2. The van der Waals surface area contributed by atoms with E-state index in [1.54, 1.807) is 6.20 Å². The van der Waals surface area contributed by atoms with Crippen molar-refractivity contribution in [2.75, 3.05) is 13.2 Å². The van der Waals surface area contributed by atoms with E-state index < -0.39 is 6.10 Å². The zero-order chi connectivity index (χ0) is 13.8. The van der Waals surface area contributed by atoms with E-state index in [9.17, 15) is 9.90 Å². The Hall–Kier alpha value is -1.44. The van der Waals surface area contributed by atoms with E-state index in [0.717, 1.165) is 5.82 Å². The van der Waals surface area contributed by atoms with Crippen molar-refractivity contribution in [2.24, 2.45) is 7.05 Å². The molecule has 2 heterocycles. The van der Waals surface area contributed by atoms with Crippen LogP contribution in [0.25, 0.3) is 0 Å². The molecule has 1 aliphatic rings. The van der Waals surface area contributed by atoms with Crippen molar-refractivity contribution in [3.05, 3.63) is 18.2 Å². The maximum absolute atomic E-state index is 10.8. The second kappa shape index (κ2) is 6.14. The number of imidazole rings is 1. The van der Waals surface area contributed by atoms with Crippen LogP contribution in [0, 0.1) is 0 Å². The Labute approximate surface area is 112 Å². The van der Waals surface area contributed by atoms with Gasteiger partial charge in [-0.15, -0.1) is 0 Å². The molecular weight excluding hydrogens is 248 g/mol. The minimum atomic E-state index is -0.632. The van der Waals surface area contributed by atoms with E-state index >= 15 is 0 Å². The molecule has 0 saturated carbocycles. The molecule has 3 N–H and O–H groups in total. The van der Waals surface area contributed by atoms with Gasteiger partial charge in [-0.1, -0.05) is 0 Å². The fourth-order valence-corrected chi connectivity index (χ4v) is 2.08. The smallest absolute Gasteiger partial charge is 0.216 e. The van der Waals surface area contributed by atoms with Crippen LogP contribution in [-0.2, 0) is 23.1 Å². The van der Waals surface area contributed by atoms with E-state index in [2.05, 4.69) is 15.6 Å². The van der Waals surface area contributed by atoms with Crippen LogP contribution in [0.15, 0.2) is 12.4 Å². The standard InChI is InChI=1S/C12H20N4O3/c1-8(17)14-5-10-12(18)9(7-19-10)15-6-11-13-3-4-16(11)2/h3-4,9-10,12,15,18H,5-7H2,1-2H3,(H,14,17)/t9-,10-,12+/m1/s1. The summed E-state index contributed by atoms with van der Waals surface area (Å²) in [5, 5.41) is 16.0. The summed E-state index contributed by atoms with van der Waals surface area (Å²) < 4.78 is 7.39. The highest BCUT2D eigenvalue weighted by Crippen LogP contribution is 2.14. The average molecular weight is 268 g/mol. The topological polar surface area (TPSA) is 88.4 Å². The lowest BCUT2D eigenvalue weighted by molar-refractivity contribution is -0.119. The van der Waals surface area contributed by atoms with E-state index in [1.807, 2.05) is 17.8 Å². The molecule has 19 heavy (non-hydrogen) atoms. The molecule has 7 heteroatoms. The number of carbonyl (C=O) groups excluding carboxylic acids is 1. The van der Waals surface area contributed by atoms with Gasteiger partial charge in [0.2, 0.25) is 5.91 Å². The van der Waals surface area contributed by atoms with Crippen molar-refractivity contribution < 1.29 is 14.6 Å². The molecule has 0 bridgehead atoms. The van der Waals surface area contributed by atoms with Crippen LogP contribution in [0.1, 0.15) is 12.7 Å². The molecule has 0 aromatic carbocycles. The van der Waals surface area contributed by atoms with Crippen molar-refractivity contribution in [2.45, 2.75) is 31.7 Å². The first kappa shape index (κ1) is 14.0. The van der Waals surface area contributed by atoms with Crippen LogP contribution < -0.4 is 10.6 Å². The number of aryl methyl sites for hydroxylation is 1. The van der Waals surface area contributed by atoms with E-state index in [1.165, 1.54) is 6.92 Å². The Bertz CT molecular complexity index is 434. The van der Waals surface area contributed by atoms with Crippen molar-refractivity contribution in [3.63, 3.8) is 0 Å². The van der Waals surface area contributed by atoms with Gasteiger partial charge >= 0.3 is 0 Å². The van der Waals surface area contributed by atoms with Crippen molar-refractivity contribution in [1.82, 2.24) is 20.2 Å².